The van der Waals surface area contributed by atoms with E-state index >= 15 is 0 Å². The summed E-state index contributed by atoms with van der Waals surface area (Å²) >= 11 is 0. The smallest absolute Gasteiger partial charge is 0.332 e. The minimum absolute atomic E-state index is 0.251. The molecule has 1 aliphatic rings. The average Bonchev–Trinajstić information content (AvgIpc) is 3.02. The molecule has 0 amide bonds. The van der Waals surface area contributed by atoms with Crippen LogP contribution in [0.25, 0.3) is 11.2 Å². The van der Waals surface area contributed by atoms with Gasteiger partial charge < -0.3 is 14.4 Å². The molecular weight excluding hydrogens is 344 g/mol. The van der Waals surface area contributed by atoms with Crippen LogP contribution in [0.15, 0.2) is 39.9 Å². The van der Waals surface area contributed by atoms with Crippen LogP contribution in [0.2, 0.25) is 0 Å². The highest BCUT2D eigenvalue weighted by molar-refractivity contribution is 5.74. The van der Waals surface area contributed by atoms with Gasteiger partial charge in [0.25, 0.3) is 5.56 Å². The van der Waals surface area contributed by atoms with Crippen molar-refractivity contribution in [2.75, 3.05) is 38.1 Å². The molecule has 1 fully saturated rings. The van der Waals surface area contributed by atoms with Gasteiger partial charge in [0.15, 0.2) is 11.2 Å². The van der Waals surface area contributed by atoms with E-state index in [1.54, 1.807) is 7.05 Å². The third-order valence-corrected chi connectivity index (χ3v) is 5.42. The van der Waals surface area contributed by atoms with Crippen molar-refractivity contribution >= 4 is 17.1 Å². The highest BCUT2D eigenvalue weighted by atomic mass is 16.2. The van der Waals surface area contributed by atoms with Crippen molar-refractivity contribution in [3.05, 3.63) is 56.7 Å². The minimum Gasteiger partial charge on any atom is -0.334 e. The zero-order valence-corrected chi connectivity index (χ0v) is 16.0. The molecular formula is C19H25N6O2+. The third kappa shape index (κ3) is 2.95. The van der Waals surface area contributed by atoms with Crippen molar-refractivity contribution in [1.82, 2.24) is 18.7 Å². The summed E-state index contributed by atoms with van der Waals surface area (Å²) in [5.41, 5.74) is 1.19. The number of piperazine rings is 1. The summed E-state index contributed by atoms with van der Waals surface area (Å²) < 4.78 is 4.60. The van der Waals surface area contributed by atoms with E-state index in [1.165, 1.54) is 14.0 Å². The van der Waals surface area contributed by atoms with E-state index in [-0.39, 0.29) is 17.8 Å². The van der Waals surface area contributed by atoms with Crippen LogP contribution in [-0.4, -0.2) is 51.9 Å². The summed E-state index contributed by atoms with van der Waals surface area (Å²) in [6.07, 6.45) is 0. The Labute approximate surface area is 156 Å². The second-order valence-corrected chi connectivity index (χ2v) is 7.31. The van der Waals surface area contributed by atoms with Crippen LogP contribution >= 0.6 is 0 Å². The zero-order valence-electron chi connectivity index (χ0n) is 16.0. The number of fused-ring (bicyclic) bond motifs is 1. The van der Waals surface area contributed by atoms with Crippen molar-refractivity contribution in [1.29, 1.82) is 0 Å². The monoisotopic (exact) mass is 369 g/mol. The number of aryl methyl sites for hydroxylation is 2. The van der Waals surface area contributed by atoms with Crippen LogP contribution in [0, 0.1) is 0 Å². The van der Waals surface area contributed by atoms with Gasteiger partial charge in [0.1, 0.15) is 0 Å². The molecule has 3 aromatic rings. The molecule has 0 spiro atoms. The Balaban J connectivity index is 1.85. The summed E-state index contributed by atoms with van der Waals surface area (Å²) in [5, 5.41) is 0. The first-order valence-electron chi connectivity index (χ1n) is 9.24. The number of nitrogens with one attached hydrogen (secondary N) is 1. The molecule has 1 aliphatic heterocycles. The lowest BCUT2D eigenvalue weighted by Gasteiger charge is -2.30. The molecule has 1 N–H and O–H groups in total. The lowest BCUT2D eigenvalue weighted by molar-refractivity contribution is -0.880. The lowest BCUT2D eigenvalue weighted by Crippen LogP contribution is -3.12. The molecule has 27 heavy (non-hydrogen) atoms. The maximum absolute atomic E-state index is 13.1. The van der Waals surface area contributed by atoms with Gasteiger partial charge >= 0.3 is 5.69 Å². The van der Waals surface area contributed by atoms with E-state index in [4.69, 9.17) is 0 Å². The Morgan fingerprint density at radius 1 is 1.04 bits per heavy atom. The van der Waals surface area contributed by atoms with Crippen LogP contribution in [0.1, 0.15) is 5.56 Å². The molecule has 8 nitrogen and oxygen atoms in total. The Morgan fingerprint density at radius 2 is 1.70 bits per heavy atom. The van der Waals surface area contributed by atoms with E-state index in [2.05, 4.69) is 16.9 Å². The molecule has 2 aromatic heterocycles. The molecule has 8 heteroatoms. The summed E-state index contributed by atoms with van der Waals surface area (Å²) in [6, 6.07) is 9.55. The second-order valence-electron chi connectivity index (χ2n) is 7.31. The molecule has 0 bridgehead atoms. The number of hydrogen-bond donors (Lipinski definition) is 1. The summed E-state index contributed by atoms with van der Waals surface area (Å²) in [6.45, 7) is 4.08. The molecule has 0 aliphatic carbocycles. The van der Waals surface area contributed by atoms with E-state index in [1.807, 2.05) is 41.9 Å². The SMILES string of the molecule is Cn1c(N2CC[NH+](C)CC2)nc2c1c(=O)n(Cc1ccccc1)c(=O)n2C. The normalized spacial score (nSPS) is 15.6. The Hall–Kier alpha value is -2.87. The Bertz CT molecular complexity index is 1090. The fourth-order valence-corrected chi connectivity index (χ4v) is 3.71. The first-order chi connectivity index (χ1) is 13.0. The Morgan fingerprint density at radius 3 is 2.37 bits per heavy atom. The number of anilines is 1. The van der Waals surface area contributed by atoms with E-state index in [9.17, 15) is 9.59 Å². The molecule has 0 atom stereocenters. The fraction of sp³-hybridized carbons (Fsp3) is 0.421. The number of quaternary nitrogens is 1. The quantitative estimate of drug-likeness (QED) is 0.631. The minimum atomic E-state index is -0.344. The van der Waals surface area contributed by atoms with Crippen molar-refractivity contribution in [2.24, 2.45) is 14.1 Å². The van der Waals surface area contributed by atoms with Gasteiger partial charge in [-0.15, -0.1) is 0 Å². The average molecular weight is 369 g/mol. The Kier molecular flexibility index (Phi) is 4.35. The first-order valence-corrected chi connectivity index (χ1v) is 9.24. The van der Waals surface area contributed by atoms with E-state index < -0.39 is 0 Å². The number of nitrogens with zero attached hydrogens (tertiary/aromatic N) is 5. The van der Waals surface area contributed by atoms with Gasteiger partial charge in [0, 0.05) is 14.1 Å². The number of imidazole rings is 1. The van der Waals surface area contributed by atoms with Gasteiger partial charge in [-0.05, 0) is 5.56 Å². The summed E-state index contributed by atoms with van der Waals surface area (Å²) in [4.78, 5) is 34.3. The van der Waals surface area contributed by atoms with Crippen molar-refractivity contribution in [3.63, 3.8) is 0 Å². The van der Waals surface area contributed by atoms with Crippen LogP contribution in [0.4, 0.5) is 5.95 Å². The van der Waals surface area contributed by atoms with Crippen LogP contribution < -0.4 is 21.0 Å². The summed E-state index contributed by atoms with van der Waals surface area (Å²) in [5.74, 6) is 0.752. The number of aromatic nitrogens is 4. The van der Waals surface area contributed by atoms with Crippen molar-refractivity contribution in [2.45, 2.75) is 6.54 Å². The number of benzene rings is 1. The van der Waals surface area contributed by atoms with Crippen LogP contribution in [-0.2, 0) is 20.6 Å². The predicted octanol–water partition coefficient (Wildman–Crippen LogP) is -1.18. The number of rotatable bonds is 3. The van der Waals surface area contributed by atoms with Crippen LogP contribution in [0.5, 0.6) is 0 Å². The van der Waals surface area contributed by atoms with Crippen LogP contribution in [0.3, 0.4) is 0 Å². The highest BCUT2D eigenvalue weighted by Gasteiger charge is 2.24. The first kappa shape index (κ1) is 17.5. The van der Waals surface area contributed by atoms with E-state index in [0.717, 1.165) is 37.7 Å². The van der Waals surface area contributed by atoms with Gasteiger partial charge in [-0.3, -0.25) is 13.9 Å². The lowest BCUT2D eigenvalue weighted by atomic mass is 10.2. The van der Waals surface area contributed by atoms with E-state index in [0.29, 0.717) is 11.2 Å². The standard InChI is InChI=1S/C19H24N6O2/c1-21-9-11-24(12-10-21)18-20-16-15(22(18)2)17(26)25(19(27)23(16)3)13-14-7-5-4-6-8-14/h4-8H,9-13H2,1-3H3/p+1. The molecule has 0 radical (unpaired) electrons. The van der Waals surface area contributed by atoms with Crippen molar-refractivity contribution in [3.8, 4) is 0 Å². The van der Waals surface area contributed by atoms with Gasteiger partial charge in [-0.1, -0.05) is 30.3 Å². The van der Waals surface area contributed by atoms with Gasteiger partial charge in [0.2, 0.25) is 5.95 Å². The number of likely N-dealkylation sites (N-methyl/N-ethyl adjacent to an activating group) is 1. The predicted molar refractivity (Wildman–Crippen MR) is 105 cm³/mol. The number of hydrogen-bond acceptors (Lipinski definition) is 4. The third-order valence-electron chi connectivity index (χ3n) is 5.42. The van der Waals surface area contributed by atoms with Gasteiger partial charge in [-0.25, -0.2) is 4.79 Å². The largest absolute Gasteiger partial charge is 0.334 e. The molecule has 1 aromatic carbocycles. The molecule has 0 unspecified atom stereocenters. The molecule has 3 heterocycles. The topological polar surface area (TPSA) is 69.5 Å². The maximum Gasteiger partial charge on any atom is 0.332 e. The zero-order chi connectivity index (χ0) is 19.1. The molecule has 4 rings (SSSR count). The summed E-state index contributed by atoms with van der Waals surface area (Å²) in [7, 11) is 5.71. The highest BCUT2D eigenvalue weighted by Crippen LogP contribution is 2.17. The second kappa shape index (κ2) is 6.70. The van der Waals surface area contributed by atoms with Gasteiger partial charge in [0.05, 0.1) is 39.8 Å². The van der Waals surface area contributed by atoms with Crippen molar-refractivity contribution < 1.29 is 4.90 Å². The maximum atomic E-state index is 13.1. The molecule has 0 saturated carbocycles. The fourth-order valence-electron chi connectivity index (χ4n) is 3.71. The van der Waals surface area contributed by atoms with Gasteiger partial charge in [-0.2, -0.15) is 4.98 Å². The molecule has 1 saturated heterocycles. The molecule has 142 valence electrons.